The number of nitrogens with two attached hydrogens (primary N) is 5. The normalized spacial score (nSPS) is 13.6. The number of thioether (sulfide) groups is 1. The minimum absolute atomic E-state index is 0.0284. The van der Waals surface area contributed by atoms with E-state index >= 15 is 0 Å². The lowest BCUT2D eigenvalue weighted by Crippen LogP contribution is -2.59. The van der Waals surface area contributed by atoms with Crippen LogP contribution < -0.4 is 60.6 Å². The number of hydrogen-bond acceptors (Lipinski definition) is 18. The number of aliphatic carboxylic acids is 1. The van der Waals surface area contributed by atoms with Crippen molar-refractivity contribution in [2.24, 2.45) is 28.7 Å². The third-order valence-corrected chi connectivity index (χ3v) is 16.6. The third kappa shape index (κ3) is 47.0. The summed E-state index contributed by atoms with van der Waals surface area (Å²) >= 11 is 1.16. The number of esters is 2. The van der Waals surface area contributed by atoms with Crippen LogP contribution in [0.4, 0.5) is 0 Å². The van der Waals surface area contributed by atoms with Crippen LogP contribution in [0.1, 0.15) is 251 Å². The minimum atomic E-state index is -1.56. The number of hydrogen-bond donors (Lipinski definition) is 13. The molecule has 24 nitrogen and oxygen atoms in total. The van der Waals surface area contributed by atoms with Gasteiger partial charge in [0.2, 0.25) is 35.4 Å². The van der Waals surface area contributed by atoms with Gasteiger partial charge in [0.05, 0.1) is 12.6 Å². The van der Waals surface area contributed by atoms with Gasteiger partial charge in [-0.05, 0) is 129 Å². The number of carboxylic acid groups (broad SMARTS) is 1. The molecule has 18 N–H and O–H groups in total. The number of amides is 6. The predicted octanol–water partition coefficient (Wildman–Crippen LogP) is 5.43. The summed E-state index contributed by atoms with van der Waals surface area (Å²) in [6.07, 6.45) is 27.8. The Kier molecular flexibility index (Phi) is 55.4. The van der Waals surface area contributed by atoms with Crippen LogP contribution in [0.2, 0.25) is 0 Å². The maximum Gasteiger partial charge on any atom is 0.326 e. The molecule has 0 fully saturated rings. The molecule has 25 heteroatoms. The van der Waals surface area contributed by atoms with Gasteiger partial charge in [0.25, 0.3) is 0 Å². The van der Waals surface area contributed by atoms with Crippen LogP contribution in [0.5, 0.6) is 0 Å². The predicted molar refractivity (Wildman–Crippen MR) is 352 cm³/mol. The van der Waals surface area contributed by atoms with Gasteiger partial charge in [-0.15, -0.1) is 0 Å². The fourth-order valence-electron chi connectivity index (χ4n) is 9.86. The Morgan fingerprint density at radius 3 is 1.19 bits per heavy atom. The molecule has 0 rings (SSSR count). The Labute approximate surface area is 537 Å². The van der Waals surface area contributed by atoms with E-state index in [-0.39, 0.29) is 69.1 Å². The Morgan fingerprint density at radius 2 is 0.775 bits per heavy atom. The maximum absolute atomic E-state index is 14.1. The Balaban J connectivity index is 5.85. The van der Waals surface area contributed by atoms with Crippen molar-refractivity contribution in [2.45, 2.75) is 294 Å². The van der Waals surface area contributed by atoms with Crippen LogP contribution in [0.25, 0.3) is 0 Å². The van der Waals surface area contributed by atoms with Crippen molar-refractivity contribution in [3.63, 3.8) is 0 Å². The van der Waals surface area contributed by atoms with Crippen LogP contribution in [0, 0.1) is 0 Å². The van der Waals surface area contributed by atoms with Crippen molar-refractivity contribution >= 4 is 65.1 Å². The Morgan fingerprint density at radius 1 is 0.416 bits per heavy atom. The molecule has 0 aliphatic heterocycles. The average Bonchev–Trinajstić information content (AvgIpc) is 3.72. The van der Waals surface area contributed by atoms with E-state index in [2.05, 4.69) is 45.7 Å². The second-order valence-electron chi connectivity index (χ2n) is 23.6. The first-order chi connectivity index (χ1) is 43.0. The van der Waals surface area contributed by atoms with Gasteiger partial charge in [-0.25, -0.2) is 4.79 Å². The van der Waals surface area contributed by atoms with Crippen LogP contribution in [-0.2, 0) is 52.6 Å². The zero-order valence-corrected chi connectivity index (χ0v) is 55.6. The number of ether oxygens (including phenoxy) is 2. The Bertz CT molecular complexity index is 1900. The highest BCUT2D eigenvalue weighted by Crippen LogP contribution is 2.16. The van der Waals surface area contributed by atoms with Crippen molar-refractivity contribution in [3.05, 3.63) is 0 Å². The van der Waals surface area contributed by atoms with Crippen LogP contribution >= 0.6 is 11.8 Å². The summed E-state index contributed by atoms with van der Waals surface area (Å²) in [6, 6.07) is -7.70. The van der Waals surface area contributed by atoms with Gasteiger partial charge in [-0.1, -0.05) is 129 Å². The molecule has 0 radical (unpaired) electrons. The number of carbonyl (C=O) groups is 9. The number of carboxylic acids is 1. The molecule has 0 aromatic carbocycles. The molecule has 0 aliphatic rings. The molecule has 7 atom stereocenters. The van der Waals surface area contributed by atoms with Gasteiger partial charge in [0.1, 0.15) is 42.9 Å². The van der Waals surface area contributed by atoms with Gasteiger partial charge >= 0.3 is 17.9 Å². The number of nitrogens with one attached hydrogen (secondary N) is 6. The molecular weight excluding hydrogens is 1160 g/mol. The van der Waals surface area contributed by atoms with Crippen molar-refractivity contribution in [1.29, 1.82) is 0 Å². The summed E-state index contributed by atoms with van der Waals surface area (Å²) in [5.74, 6) is -5.97. The van der Waals surface area contributed by atoms with E-state index in [4.69, 9.17) is 38.1 Å². The first-order valence-electron chi connectivity index (χ1n) is 34.1. The summed E-state index contributed by atoms with van der Waals surface area (Å²) in [5, 5.41) is 36.1. The van der Waals surface area contributed by atoms with E-state index in [1.165, 1.54) is 77.0 Å². The van der Waals surface area contributed by atoms with Crippen molar-refractivity contribution < 1.29 is 62.8 Å². The fraction of sp³-hybridized carbons (Fsp3) is 0.859. The summed E-state index contributed by atoms with van der Waals surface area (Å²) in [4.78, 5) is 119. The van der Waals surface area contributed by atoms with E-state index in [1.54, 1.807) is 0 Å². The van der Waals surface area contributed by atoms with Crippen LogP contribution in [0.15, 0.2) is 0 Å². The number of carbonyl (C=O) groups excluding carboxylic acids is 8. The maximum atomic E-state index is 14.1. The Hall–Kier alpha value is -4.66. The number of aliphatic hydroxyl groups is 1. The molecule has 6 amide bonds. The first kappa shape index (κ1) is 84.3. The second-order valence-corrected chi connectivity index (χ2v) is 24.6. The lowest BCUT2D eigenvalue weighted by atomic mass is 10.0. The molecule has 0 heterocycles. The summed E-state index contributed by atoms with van der Waals surface area (Å²) in [5.41, 5.74) is 29.1. The molecule has 0 aromatic heterocycles. The standard InChI is InChI=1S/C64H123N11O13S/c1-3-5-7-9-11-12-13-14-15-16-17-19-22-38-57(78)87-46-49(88-58(79)39-23-20-32-44-70-56(77)37-21-18-10-8-6-4-2)47-89-48-50(69)59(80)75-55(45-76)63(84)73-52(34-25-29-41-66)61(82)71-51(33-24-28-40-65)60(81)72-53(35-26-30-42-67)62(83)74-54(64(85)86)36-27-31-43-68/h49-55,76H,3-48,65-69H2,1-2H3,(H,70,77)(H,71,82)(H,72,81)(H,73,84)(H,74,83)(H,75,80)(H,85,86)/t49-,50+,51+,52+,53+,54+,55+/m1/s1. The minimum Gasteiger partial charge on any atom is -0.480 e. The first-order valence-corrected chi connectivity index (χ1v) is 35.3. The molecule has 0 aliphatic carbocycles. The zero-order valence-electron chi connectivity index (χ0n) is 54.7. The average molecular weight is 1290 g/mol. The number of aliphatic hydroxyl groups excluding tert-OH is 1. The van der Waals surface area contributed by atoms with E-state index in [0.29, 0.717) is 110 Å². The highest BCUT2D eigenvalue weighted by atomic mass is 32.2. The monoisotopic (exact) mass is 1290 g/mol. The van der Waals surface area contributed by atoms with E-state index in [9.17, 15) is 53.4 Å². The quantitative estimate of drug-likeness (QED) is 0.0267. The van der Waals surface area contributed by atoms with Crippen molar-refractivity contribution in [3.8, 4) is 0 Å². The summed E-state index contributed by atoms with van der Waals surface area (Å²) < 4.78 is 11.4. The molecule has 518 valence electrons. The lowest BCUT2D eigenvalue weighted by molar-refractivity contribution is -0.157. The van der Waals surface area contributed by atoms with Crippen molar-refractivity contribution in [2.75, 3.05) is 57.4 Å². The van der Waals surface area contributed by atoms with Gasteiger partial charge in [-0.3, -0.25) is 38.4 Å². The molecule has 0 aromatic rings. The second kappa shape index (κ2) is 58.4. The van der Waals surface area contributed by atoms with Crippen molar-refractivity contribution in [1.82, 2.24) is 31.9 Å². The smallest absolute Gasteiger partial charge is 0.326 e. The summed E-state index contributed by atoms with van der Waals surface area (Å²) in [7, 11) is 0. The lowest BCUT2D eigenvalue weighted by Gasteiger charge is -2.27. The SMILES string of the molecule is CCCCCCCCCCCCCCCC(=O)OC[C@H](CSC[C@H](N)C(=O)N[C@@H](CO)C(=O)N[C@@H](CCCCN)C(=O)N[C@@H](CCCCN)C(=O)N[C@@H](CCCCN)C(=O)N[C@@H](CCCCN)C(=O)O)OC(=O)CCCCCNC(=O)CCCCCCCC. The van der Waals surface area contributed by atoms with Gasteiger partial charge in [-0.2, -0.15) is 11.8 Å². The molecule has 0 saturated carbocycles. The fourth-order valence-corrected chi connectivity index (χ4v) is 10.8. The van der Waals surface area contributed by atoms with Gasteiger partial charge < -0.3 is 80.3 Å². The molecule has 0 spiro atoms. The molecule has 0 unspecified atom stereocenters. The molecular formula is C64H123N11O13S. The highest BCUT2D eigenvalue weighted by molar-refractivity contribution is 7.99. The van der Waals surface area contributed by atoms with Crippen LogP contribution in [0.3, 0.4) is 0 Å². The summed E-state index contributed by atoms with van der Waals surface area (Å²) in [6.45, 7) is 5.06. The number of rotatable bonds is 62. The third-order valence-electron chi connectivity index (χ3n) is 15.4. The van der Waals surface area contributed by atoms with Gasteiger partial charge in [0.15, 0.2) is 0 Å². The van der Waals surface area contributed by atoms with Gasteiger partial charge in [0, 0.05) is 37.3 Å². The highest BCUT2D eigenvalue weighted by Gasteiger charge is 2.33. The van der Waals surface area contributed by atoms with Crippen LogP contribution in [-0.4, -0.2) is 163 Å². The largest absolute Gasteiger partial charge is 0.480 e. The molecule has 0 bridgehead atoms. The topological polar surface area (TPSA) is 415 Å². The molecule has 0 saturated heterocycles. The van der Waals surface area contributed by atoms with E-state index < -0.39 is 96.4 Å². The van der Waals surface area contributed by atoms with E-state index in [1.807, 2.05) is 0 Å². The zero-order chi connectivity index (χ0) is 66.1. The molecule has 89 heavy (non-hydrogen) atoms. The number of unbranched alkanes of at least 4 members (excludes halogenated alkanes) is 23. The van der Waals surface area contributed by atoms with E-state index in [0.717, 1.165) is 50.3 Å².